The van der Waals surface area contributed by atoms with Crippen molar-refractivity contribution in [1.82, 2.24) is 4.98 Å². The third-order valence-electron chi connectivity index (χ3n) is 1.53. The first-order valence-electron chi connectivity index (χ1n) is 3.74. The number of allylic oxidation sites excluding steroid dienone is 1. The summed E-state index contributed by atoms with van der Waals surface area (Å²) in [6.45, 7) is 0. The first kappa shape index (κ1) is 9.92. The predicted octanol–water partition coefficient (Wildman–Crippen LogP) is 1.70. The Bertz CT molecular complexity index is 330. The van der Waals surface area contributed by atoms with Crippen LogP contribution in [0.1, 0.15) is 5.56 Å². The number of aromatic nitrogens is 1. The maximum Gasteiger partial charge on any atom is 0.0815 e. The number of aliphatic imine (C=N–C) groups is 1. The minimum Gasteiger partial charge on any atom is -0.404 e. The van der Waals surface area contributed by atoms with Crippen molar-refractivity contribution in [3.63, 3.8) is 0 Å². The average molecular weight is 240 g/mol. The van der Waals surface area contributed by atoms with Crippen LogP contribution in [0.5, 0.6) is 0 Å². The second kappa shape index (κ2) is 4.77. The summed E-state index contributed by atoms with van der Waals surface area (Å²) >= 11 is 3.32. The first-order chi connectivity index (χ1) is 6.29. The largest absolute Gasteiger partial charge is 0.404 e. The van der Waals surface area contributed by atoms with E-state index in [-0.39, 0.29) is 0 Å². The van der Waals surface area contributed by atoms with Gasteiger partial charge in [-0.1, -0.05) is 0 Å². The van der Waals surface area contributed by atoms with E-state index in [9.17, 15) is 0 Å². The Morgan fingerprint density at radius 2 is 2.46 bits per heavy atom. The highest BCUT2D eigenvalue weighted by molar-refractivity contribution is 9.12. The molecule has 0 saturated heterocycles. The van der Waals surface area contributed by atoms with Gasteiger partial charge in [-0.05, 0) is 28.1 Å². The van der Waals surface area contributed by atoms with Crippen LogP contribution in [0.25, 0.3) is 0 Å². The number of rotatable bonds is 2. The van der Waals surface area contributed by atoms with Gasteiger partial charge in [0.05, 0.1) is 10.2 Å². The van der Waals surface area contributed by atoms with Crippen molar-refractivity contribution in [3.8, 4) is 0 Å². The maximum absolute atomic E-state index is 5.38. The molecule has 3 nitrogen and oxygen atoms in total. The molecule has 0 fully saturated rings. The lowest BCUT2D eigenvalue weighted by Crippen LogP contribution is -2.02. The maximum atomic E-state index is 5.38. The summed E-state index contributed by atoms with van der Waals surface area (Å²) in [4.78, 5) is 8.11. The molecule has 1 rings (SSSR count). The molecule has 1 aromatic heterocycles. The van der Waals surface area contributed by atoms with Gasteiger partial charge in [-0.3, -0.25) is 9.98 Å². The fraction of sp³-hybridized carbons (Fsp3) is 0.111. The molecule has 0 atom stereocenters. The van der Waals surface area contributed by atoms with Crippen LogP contribution in [0.2, 0.25) is 0 Å². The molecule has 1 heterocycles. The van der Waals surface area contributed by atoms with Crippen LogP contribution in [0.4, 0.5) is 0 Å². The summed E-state index contributed by atoms with van der Waals surface area (Å²) in [6, 6.07) is 3.79. The van der Waals surface area contributed by atoms with Gasteiger partial charge in [-0.25, -0.2) is 0 Å². The van der Waals surface area contributed by atoms with Crippen LogP contribution in [-0.4, -0.2) is 17.7 Å². The van der Waals surface area contributed by atoms with Gasteiger partial charge in [-0.2, -0.15) is 0 Å². The molecule has 2 N–H and O–H groups in total. The van der Waals surface area contributed by atoms with E-state index in [4.69, 9.17) is 5.73 Å². The molecule has 0 bridgehead atoms. The summed E-state index contributed by atoms with van der Waals surface area (Å²) < 4.78 is 0.767. The van der Waals surface area contributed by atoms with Gasteiger partial charge in [0.25, 0.3) is 0 Å². The number of pyridine rings is 1. The Labute approximate surface area is 85.5 Å². The Kier molecular flexibility index (Phi) is 3.64. The smallest absolute Gasteiger partial charge is 0.0815 e. The van der Waals surface area contributed by atoms with Crippen LogP contribution in [0.3, 0.4) is 0 Å². The topological polar surface area (TPSA) is 51.3 Å². The summed E-state index contributed by atoms with van der Waals surface area (Å²) in [7, 11) is 1.72. The van der Waals surface area contributed by atoms with E-state index >= 15 is 0 Å². The van der Waals surface area contributed by atoms with Crippen LogP contribution < -0.4 is 5.73 Å². The van der Waals surface area contributed by atoms with Crippen LogP contribution in [0, 0.1) is 0 Å². The molecule has 1 aromatic rings. The van der Waals surface area contributed by atoms with Gasteiger partial charge in [0.2, 0.25) is 0 Å². The van der Waals surface area contributed by atoms with Crippen molar-refractivity contribution in [2.24, 2.45) is 10.7 Å². The monoisotopic (exact) mass is 239 g/mol. The number of hydrogen-bond acceptors (Lipinski definition) is 3. The number of nitrogens with two attached hydrogens (primary N) is 1. The summed E-state index contributed by atoms with van der Waals surface area (Å²) in [5.41, 5.74) is 7.12. The molecule has 0 spiro atoms. The minimum atomic E-state index is 0.767. The highest BCUT2D eigenvalue weighted by Gasteiger charge is 2.04. The normalized spacial score (nSPS) is 13.1. The molecule has 0 aliphatic carbocycles. The van der Waals surface area contributed by atoms with Gasteiger partial charge >= 0.3 is 0 Å². The highest BCUT2D eigenvalue weighted by Crippen LogP contribution is 2.12. The number of nitrogens with zero attached hydrogens (tertiary/aromatic N) is 2. The number of halogens is 1. The highest BCUT2D eigenvalue weighted by atomic mass is 79.9. The van der Waals surface area contributed by atoms with Crippen molar-refractivity contribution >= 4 is 21.6 Å². The lowest BCUT2D eigenvalue weighted by atomic mass is 10.2. The summed E-state index contributed by atoms with van der Waals surface area (Å²) in [5, 5.41) is 0. The van der Waals surface area contributed by atoms with Gasteiger partial charge in [-0.15, -0.1) is 0 Å². The molecule has 0 aromatic carbocycles. The Morgan fingerprint density at radius 1 is 1.69 bits per heavy atom. The molecule has 13 heavy (non-hydrogen) atoms. The molecule has 0 amide bonds. The molecule has 0 saturated carbocycles. The lowest BCUT2D eigenvalue weighted by Gasteiger charge is -2.02. The molecule has 68 valence electrons. The van der Waals surface area contributed by atoms with Crippen molar-refractivity contribution in [2.45, 2.75) is 0 Å². The summed E-state index contributed by atoms with van der Waals surface area (Å²) in [6.07, 6.45) is 4.93. The SMILES string of the molecule is CN=C(C(Br)=CN)c1cccnc1. The minimum absolute atomic E-state index is 0.767. The molecule has 0 radical (unpaired) electrons. The van der Waals surface area contributed by atoms with Crippen LogP contribution in [-0.2, 0) is 0 Å². The lowest BCUT2D eigenvalue weighted by molar-refractivity contribution is 1.31. The zero-order chi connectivity index (χ0) is 9.68. The second-order valence-electron chi connectivity index (χ2n) is 2.33. The van der Waals surface area contributed by atoms with E-state index in [0.717, 1.165) is 15.8 Å². The van der Waals surface area contributed by atoms with E-state index in [0.29, 0.717) is 0 Å². The van der Waals surface area contributed by atoms with Crippen molar-refractivity contribution in [2.75, 3.05) is 7.05 Å². The zero-order valence-corrected chi connectivity index (χ0v) is 8.82. The first-order valence-corrected chi connectivity index (χ1v) is 4.54. The molecular formula is C9H10BrN3. The Morgan fingerprint density at radius 3 is 2.92 bits per heavy atom. The van der Waals surface area contributed by atoms with E-state index in [1.54, 1.807) is 19.4 Å². The Balaban J connectivity index is 3.07. The Hall–Kier alpha value is -1.16. The van der Waals surface area contributed by atoms with Gasteiger partial charge in [0, 0.05) is 31.2 Å². The second-order valence-corrected chi connectivity index (χ2v) is 3.18. The predicted molar refractivity (Wildman–Crippen MR) is 57.9 cm³/mol. The standard InChI is InChI=1S/C9H10BrN3/c1-12-9(8(10)5-11)7-3-2-4-13-6-7/h2-6H,11H2,1H3. The fourth-order valence-corrected chi connectivity index (χ4v) is 1.36. The molecule has 0 aliphatic rings. The average Bonchev–Trinajstić information content (AvgIpc) is 2.20. The molecule has 0 unspecified atom stereocenters. The van der Waals surface area contributed by atoms with E-state index in [2.05, 4.69) is 25.9 Å². The van der Waals surface area contributed by atoms with Gasteiger partial charge < -0.3 is 5.73 Å². The zero-order valence-electron chi connectivity index (χ0n) is 7.24. The van der Waals surface area contributed by atoms with Gasteiger partial charge in [0.1, 0.15) is 0 Å². The van der Waals surface area contributed by atoms with Crippen molar-refractivity contribution in [3.05, 3.63) is 40.8 Å². The van der Waals surface area contributed by atoms with Crippen molar-refractivity contribution in [1.29, 1.82) is 0 Å². The van der Waals surface area contributed by atoms with Crippen molar-refractivity contribution < 1.29 is 0 Å². The van der Waals surface area contributed by atoms with Crippen LogP contribution in [0.15, 0.2) is 40.2 Å². The molecular weight excluding hydrogens is 230 g/mol. The quantitative estimate of drug-likeness (QED) is 0.800. The van der Waals surface area contributed by atoms with E-state index in [1.807, 2.05) is 12.1 Å². The summed E-state index contributed by atoms with van der Waals surface area (Å²) in [5.74, 6) is 0. The molecule has 0 aliphatic heterocycles. The van der Waals surface area contributed by atoms with E-state index in [1.165, 1.54) is 6.20 Å². The van der Waals surface area contributed by atoms with E-state index < -0.39 is 0 Å². The third kappa shape index (κ3) is 2.39. The van der Waals surface area contributed by atoms with Gasteiger partial charge in [0.15, 0.2) is 0 Å². The number of hydrogen-bond donors (Lipinski definition) is 1. The van der Waals surface area contributed by atoms with Crippen LogP contribution >= 0.6 is 15.9 Å². The third-order valence-corrected chi connectivity index (χ3v) is 2.17. The fourth-order valence-electron chi connectivity index (χ4n) is 0.956. The molecule has 4 heteroatoms.